The summed E-state index contributed by atoms with van der Waals surface area (Å²) < 4.78 is 0. The van der Waals surface area contributed by atoms with Crippen molar-refractivity contribution in [3.05, 3.63) is 129 Å². The summed E-state index contributed by atoms with van der Waals surface area (Å²) in [5, 5.41) is 40.9. The minimum Gasteiger partial charge on any atom is -0.508 e. The molecule has 6 aromatic rings. The van der Waals surface area contributed by atoms with E-state index in [9.17, 15) is 34.2 Å². The molecule has 0 spiro atoms. The minimum atomic E-state index is -1.10. The Kier molecular flexibility index (Phi) is 18.2. The predicted molar refractivity (Wildman–Crippen MR) is 315 cm³/mol. The first-order valence-corrected chi connectivity index (χ1v) is 31.0. The third kappa shape index (κ3) is 12.9. The van der Waals surface area contributed by atoms with E-state index in [4.69, 9.17) is 21.4 Å². The minimum absolute atomic E-state index is 0.00544. The highest BCUT2D eigenvalue weighted by molar-refractivity contribution is 8.06. The fourth-order valence-electron chi connectivity index (χ4n) is 9.57. The molecule has 5 aromatic heterocycles. The van der Waals surface area contributed by atoms with Gasteiger partial charge in [-0.1, -0.05) is 52.3 Å². The van der Waals surface area contributed by atoms with Crippen LogP contribution in [0.3, 0.4) is 0 Å². The summed E-state index contributed by atoms with van der Waals surface area (Å²) in [6, 6.07) is 7.42. The smallest absolute Gasteiger partial charge is 0.271 e. The number of benzene rings is 1. The molecule has 25 heteroatoms. The number of nitrogens with one attached hydrogen (secondary N) is 3. The molecule has 1 saturated heterocycles. The van der Waals surface area contributed by atoms with Gasteiger partial charge in [0.05, 0.1) is 42.5 Å². The average Bonchev–Trinajstić information content (AvgIpc) is 4.30. The maximum Gasteiger partial charge on any atom is 0.271 e. The number of aromatic hydroxyl groups is 1. The lowest BCUT2D eigenvalue weighted by atomic mass is 9.89. The van der Waals surface area contributed by atoms with Crippen LogP contribution in [-0.4, -0.2) is 105 Å². The summed E-state index contributed by atoms with van der Waals surface area (Å²) in [6.07, 6.45) is 2.61. The Morgan fingerprint density at radius 1 is 0.825 bits per heavy atom. The lowest BCUT2D eigenvalue weighted by molar-refractivity contribution is -0.133. The topological polar surface area (TPSA) is 299 Å². The van der Waals surface area contributed by atoms with Gasteiger partial charge >= 0.3 is 0 Å². The molecule has 9 rings (SSSR count). The molecule has 8 heterocycles. The standard InChI is InChI=1S/C55H59N11O8S6/c1-7-25(2)47-33-21-75-41(15-8-26(33)3)46-28(5)40(68)19-66(46)55(74)36(16-30-9-11-31(67)12-10-30)62-49(71)38-23-76-43(59-38)18-58-51(73)45-29(6)80-54(65-45)35(17-42(56)69)61-50(72)39-24-78-52(64-39)32-13-14-34(60-44(32)27(4)20-77-47)53-63-37(22-79-53)48(57)70/h9-15,20-26,28,35-36,40,46-47,67-68H,7-8,16-19H2,1-6H3,(H2,56,69)(H2,57,70)(H,58,73)(H,61,72)(H,62,71)/b27-20+/t25?,26?,28-,35-,36-,40-,46?,47?/m0/s1. The van der Waals surface area contributed by atoms with Gasteiger partial charge in [-0.3, -0.25) is 28.8 Å². The highest BCUT2D eigenvalue weighted by atomic mass is 32.2. The van der Waals surface area contributed by atoms with Gasteiger partial charge in [-0.05, 0) is 83.9 Å². The van der Waals surface area contributed by atoms with E-state index < -0.39 is 53.8 Å². The molecule has 0 saturated carbocycles. The maximum absolute atomic E-state index is 15.1. The molecule has 3 aliphatic heterocycles. The van der Waals surface area contributed by atoms with Gasteiger partial charge in [0.15, 0.2) is 0 Å². The van der Waals surface area contributed by atoms with E-state index in [-0.39, 0.29) is 88.4 Å². The third-order valence-corrected chi connectivity index (χ3v) is 20.5. The van der Waals surface area contributed by atoms with Gasteiger partial charge in [0.25, 0.3) is 23.6 Å². The number of carbonyl (C=O) groups excluding carboxylic acids is 6. The first kappa shape index (κ1) is 58.1. The number of nitrogens with two attached hydrogens (primary N) is 2. The van der Waals surface area contributed by atoms with Crippen molar-refractivity contribution in [1.82, 2.24) is 45.8 Å². The zero-order chi connectivity index (χ0) is 57.1. The Balaban J connectivity index is 1.12. The molecular formula is C55H59N11O8S6. The summed E-state index contributed by atoms with van der Waals surface area (Å²) >= 11 is 7.95. The summed E-state index contributed by atoms with van der Waals surface area (Å²) in [5.41, 5.74) is 15.9. The Morgan fingerprint density at radius 3 is 2.25 bits per heavy atom. The molecule has 8 bridgehead atoms. The van der Waals surface area contributed by atoms with Crippen molar-refractivity contribution >= 4 is 110 Å². The van der Waals surface area contributed by atoms with E-state index in [0.717, 1.165) is 39.6 Å². The van der Waals surface area contributed by atoms with Gasteiger partial charge in [-0.15, -0.1) is 68.9 Å². The van der Waals surface area contributed by atoms with E-state index in [1.807, 2.05) is 19.9 Å². The van der Waals surface area contributed by atoms with Crippen LogP contribution in [0.2, 0.25) is 0 Å². The molecule has 0 radical (unpaired) electrons. The Labute approximate surface area is 486 Å². The Morgan fingerprint density at radius 2 is 1.54 bits per heavy atom. The lowest BCUT2D eigenvalue weighted by Crippen LogP contribution is -2.52. The number of aliphatic hydroxyl groups excluding tert-OH is 1. The zero-order valence-electron chi connectivity index (χ0n) is 44.4. The van der Waals surface area contributed by atoms with Crippen LogP contribution in [0.25, 0.3) is 26.8 Å². The highest BCUT2D eigenvalue weighted by Gasteiger charge is 2.45. The van der Waals surface area contributed by atoms with Crippen molar-refractivity contribution in [1.29, 1.82) is 0 Å². The van der Waals surface area contributed by atoms with Crippen molar-refractivity contribution in [2.45, 2.75) is 103 Å². The van der Waals surface area contributed by atoms with Gasteiger partial charge in [0.2, 0.25) is 11.8 Å². The number of aliphatic hydroxyl groups is 1. The fourth-order valence-corrected chi connectivity index (χ4v) is 15.7. The number of phenolic OH excluding ortho intramolecular Hbond substituents is 1. The molecular weight excluding hydrogens is 1140 g/mol. The number of rotatable bonds is 8. The van der Waals surface area contributed by atoms with E-state index in [1.54, 1.807) is 69.7 Å². The largest absolute Gasteiger partial charge is 0.508 e. The number of hydrogen-bond acceptors (Lipinski definition) is 19. The molecule has 3 aliphatic rings. The van der Waals surface area contributed by atoms with Gasteiger partial charge in [-0.25, -0.2) is 24.9 Å². The molecule has 1 fully saturated rings. The van der Waals surface area contributed by atoms with Gasteiger partial charge in [0.1, 0.15) is 54.6 Å². The Bertz CT molecular complexity index is 3460. The van der Waals surface area contributed by atoms with Crippen molar-refractivity contribution in [3.63, 3.8) is 0 Å². The summed E-state index contributed by atoms with van der Waals surface area (Å²) in [6.45, 7) is 12.1. The number of hydrogen-bond donors (Lipinski definition) is 7. The monoisotopic (exact) mass is 1190 g/mol. The van der Waals surface area contributed by atoms with Crippen LogP contribution in [0, 0.1) is 24.7 Å². The summed E-state index contributed by atoms with van der Waals surface area (Å²) in [7, 11) is 0. The first-order valence-electron chi connectivity index (χ1n) is 25.7. The van der Waals surface area contributed by atoms with E-state index in [2.05, 4.69) is 68.6 Å². The number of phenols is 1. The molecule has 418 valence electrons. The molecule has 0 aliphatic carbocycles. The van der Waals surface area contributed by atoms with Crippen LogP contribution in [0.4, 0.5) is 0 Å². The van der Waals surface area contributed by atoms with Crippen LogP contribution in [0.5, 0.6) is 5.75 Å². The van der Waals surface area contributed by atoms with Crippen molar-refractivity contribution in [2.24, 2.45) is 29.2 Å². The number of aryl methyl sites for hydroxylation is 1. The normalized spacial score (nSPS) is 23.4. The number of primary amides is 2. The second-order valence-corrected chi connectivity index (χ2v) is 25.8. The molecule has 80 heavy (non-hydrogen) atoms. The van der Waals surface area contributed by atoms with Crippen LogP contribution < -0.4 is 27.4 Å². The van der Waals surface area contributed by atoms with E-state index in [1.165, 1.54) is 40.4 Å². The van der Waals surface area contributed by atoms with Gasteiger partial charge in [0, 0.05) is 55.6 Å². The molecule has 19 nitrogen and oxygen atoms in total. The SMILES string of the molecule is CCC(C)C1S/C=C(\C)c2nc(-c3nc(C(N)=O)cs3)ccc2-c2nc(cs2)C(=O)N[C@@H](CC(N)=O)c2nc(c(C)s2)C(=O)NCc2nc(cs2)C(=O)N[C@@H](Cc2ccc(O)cc2)C(=O)N2C[C@H](O)[C@H](C)C2C2=CCC(C)C1=CS2. The molecule has 6 amide bonds. The molecule has 9 N–H and O–H groups in total. The van der Waals surface area contributed by atoms with Crippen LogP contribution >= 0.6 is 68.9 Å². The summed E-state index contributed by atoms with van der Waals surface area (Å²) in [5.74, 6) is -3.56. The number of carbonyl (C=O) groups is 6. The van der Waals surface area contributed by atoms with Crippen molar-refractivity contribution in [3.8, 4) is 27.0 Å². The molecule has 4 unspecified atom stereocenters. The quantitative estimate of drug-likeness (QED) is 0.0755. The molecule has 8 atom stereocenters. The third-order valence-electron chi connectivity index (χ3n) is 14.3. The van der Waals surface area contributed by atoms with Crippen molar-refractivity contribution < 1.29 is 39.0 Å². The second-order valence-electron chi connectivity index (χ2n) is 20.0. The van der Waals surface area contributed by atoms with Gasteiger partial charge in [-0.2, -0.15) is 0 Å². The number of pyridine rings is 1. The number of allylic oxidation sites excluding steroid dienone is 2. The van der Waals surface area contributed by atoms with Crippen LogP contribution in [-0.2, 0) is 22.6 Å². The number of thiazole rings is 4. The number of fused-ring (bicyclic) bond motifs is 12. The highest BCUT2D eigenvalue weighted by Crippen LogP contribution is 2.45. The van der Waals surface area contributed by atoms with Gasteiger partial charge < -0.3 is 42.5 Å². The summed E-state index contributed by atoms with van der Waals surface area (Å²) in [4.78, 5) is 108. The number of nitrogens with zero attached hydrogens (tertiary/aromatic N) is 6. The predicted octanol–water partition coefficient (Wildman–Crippen LogP) is 8.24. The molecule has 1 aromatic carbocycles. The Hall–Kier alpha value is -6.61. The lowest BCUT2D eigenvalue weighted by Gasteiger charge is -2.31. The number of aromatic nitrogens is 5. The van der Waals surface area contributed by atoms with E-state index in [0.29, 0.717) is 48.8 Å². The first-order chi connectivity index (χ1) is 38.3. The zero-order valence-corrected chi connectivity index (χ0v) is 49.3. The average molecular weight is 1190 g/mol. The van der Waals surface area contributed by atoms with E-state index >= 15 is 4.79 Å². The number of amides is 6. The van der Waals surface area contributed by atoms with Crippen molar-refractivity contribution in [2.75, 3.05) is 6.54 Å². The number of thioether (sulfide) groups is 2. The second kappa shape index (κ2) is 25.0. The maximum atomic E-state index is 15.1. The van der Waals surface area contributed by atoms with Crippen LogP contribution in [0.1, 0.15) is 128 Å². The van der Waals surface area contributed by atoms with Crippen LogP contribution in [0.15, 0.2) is 79.9 Å². The fraction of sp³-hybridized carbons (Fsp3) is 0.364.